The van der Waals surface area contributed by atoms with Crippen LogP contribution in [0.2, 0.25) is 0 Å². The third-order valence-corrected chi connectivity index (χ3v) is 5.57. The van der Waals surface area contributed by atoms with Crippen molar-refractivity contribution in [1.82, 2.24) is 14.7 Å². The first-order chi connectivity index (χ1) is 11.6. The fraction of sp³-hybridized carbons (Fsp3) is 0.650. The molecule has 0 saturated carbocycles. The van der Waals surface area contributed by atoms with Crippen molar-refractivity contribution >= 4 is 5.91 Å². The minimum absolute atomic E-state index is 0.205. The molecule has 4 nitrogen and oxygen atoms in total. The molecular weight excluding hydrogens is 298 g/mol. The Morgan fingerprint density at radius 3 is 2.46 bits per heavy atom. The van der Waals surface area contributed by atoms with Gasteiger partial charge in [0.15, 0.2) is 0 Å². The second kappa shape index (κ2) is 8.13. The van der Waals surface area contributed by atoms with Crippen LogP contribution in [0.25, 0.3) is 0 Å². The predicted octanol–water partition coefficient (Wildman–Crippen LogP) is 2.45. The van der Waals surface area contributed by atoms with E-state index >= 15 is 0 Å². The maximum Gasteiger partial charge on any atom is 0.226 e. The molecule has 2 saturated heterocycles. The monoisotopic (exact) mass is 329 g/mol. The Kier molecular flexibility index (Phi) is 5.90. The molecule has 2 aliphatic rings. The lowest BCUT2D eigenvalue weighted by Gasteiger charge is -2.42. The number of carbonyl (C=O) groups excluding carboxylic acids is 1. The van der Waals surface area contributed by atoms with Gasteiger partial charge in [0, 0.05) is 33.2 Å². The Morgan fingerprint density at radius 2 is 1.79 bits per heavy atom. The minimum Gasteiger partial charge on any atom is -0.349 e. The van der Waals surface area contributed by atoms with Gasteiger partial charge in [-0.2, -0.15) is 0 Å². The van der Waals surface area contributed by atoms with E-state index in [1.807, 2.05) is 14.1 Å². The van der Waals surface area contributed by atoms with E-state index in [9.17, 15) is 4.79 Å². The highest BCUT2D eigenvalue weighted by Gasteiger charge is 2.32. The zero-order valence-corrected chi connectivity index (χ0v) is 15.2. The highest BCUT2D eigenvalue weighted by Crippen LogP contribution is 2.25. The number of hydrogen-bond donors (Lipinski definition) is 0. The maximum absolute atomic E-state index is 12.3. The molecule has 0 bridgehead atoms. The summed E-state index contributed by atoms with van der Waals surface area (Å²) in [5.41, 5.74) is 1.41. The fourth-order valence-electron chi connectivity index (χ4n) is 4.19. The minimum atomic E-state index is 0.205. The molecular formula is C20H31N3O. The topological polar surface area (TPSA) is 26.8 Å². The standard InChI is InChI=1S/C20H31N3O/c1-21(2)20(24)18-9-6-12-23(16-18)19-10-13-22(14-11-19)15-17-7-4-3-5-8-17/h3-5,7-8,18-19H,6,9-16H2,1-2H3. The number of rotatable bonds is 4. The van der Waals surface area contributed by atoms with E-state index in [0.717, 1.165) is 25.9 Å². The van der Waals surface area contributed by atoms with Crippen molar-refractivity contribution < 1.29 is 4.79 Å². The molecule has 0 spiro atoms. The van der Waals surface area contributed by atoms with E-state index < -0.39 is 0 Å². The number of hydrogen-bond acceptors (Lipinski definition) is 3. The molecule has 1 aromatic carbocycles. The summed E-state index contributed by atoms with van der Waals surface area (Å²) in [6, 6.07) is 11.4. The van der Waals surface area contributed by atoms with Gasteiger partial charge in [0.05, 0.1) is 5.92 Å². The van der Waals surface area contributed by atoms with E-state index in [4.69, 9.17) is 0 Å². The van der Waals surface area contributed by atoms with Crippen LogP contribution in [0, 0.1) is 5.92 Å². The molecule has 1 unspecified atom stereocenters. The summed E-state index contributed by atoms with van der Waals surface area (Å²) in [6.45, 7) is 5.53. The second-order valence-corrected chi connectivity index (χ2v) is 7.56. The molecule has 0 radical (unpaired) electrons. The zero-order chi connectivity index (χ0) is 16.9. The largest absolute Gasteiger partial charge is 0.349 e. The first-order valence-electron chi connectivity index (χ1n) is 9.35. The molecule has 2 aliphatic heterocycles. The first kappa shape index (κ1) is 17.4. The summed E-state index contributed by atoms with van der Waals surface area (Å²) in [5, 5.41) is 0. The maximum atomic E-state index is 12.3. The summed E-state index contributed by atoms with van der Waals surface area (Å²) in [4.78, 5) is 19.2. The van der Waals surface area contributed by atoms with Gasteiger partial charge >= 0.3 is 0 Å². The van der Waals surface area contributed by atoms with Crippen molar-refractivity contribution in [3.63, 3.8) is 0 Å². The Hall–Kier alpha value is -1.39. The average Bonchev–Trinajstić information content (AvgIpc) is 2.62. The normalized spacial score (nSPS) is 24.0. The average molecular weight is 329 g/mol. The summed E-state index contributed by atoms with van der Waals surface area (Å²) >= 11 is 0. The summed E-state index contributed by atoms with van der Waals surface area (Å²) in [5.74, 6) is 0.511. The summed E-state index contributed by atoms with van der Waals surface area (Å²) in [7, 11) is 3.76. The van der Waals surface area contributed by atoms with Crippen LogP contribution in [-0.2, 0) is 11.3 Å². The van der Waals surface area contributed by atoms with Crippen LogP contribution >= 0.6 is 0 Å². The van der Waals surface area contributed by atoms with E-state index in [2.05, 4.69) is 40.1 Å². The number of benzene rings is 1. The molecule has 3 rings (SSSR count). The van der Waals surface area contributed by atoms with Crippen LogP contribution in [0.15, 0.2) is 30.3 Å². The molecule has 24 heavy (non-hydrogen) atoms. The van der Waals surface area contributed by atoms with E-state index in [1.54, 1.807) is 4.90 Å². The van der Waals surface area contributed by atoms with Gasteiger partial charge in [-0.25, -0.2) is 0 Å². The lowest BCUT2D eigenvalue weighted by molar-refractivity contribution is -0.135. The van der Waals surface area contributed by atoms with Gasteiger partial charge < -0.3 is 4.90 Å². The van der Waals surface area contributed by atoms with Crippen LogP contribution < -0.4 is 0 Å². The highest BCUT2D eigenvalue weighted by molar-refractivity contribution is 5.78. The van der Waals surface area contributed by atoms with Crippen molar-refractivity contribution in [1.29, 1.82) is 0 Å². The number of nitrogens with zero attached hydrogens (tertiary/aromatic N) is 3. The van der Waals surface area contributed by atoms with Crippen molar-refractivity contribution in [3.05, 3.63) is 35.9 Å². The number of amides is 1. The number of piperidine rings is 2. The number of carbonyl (C=O) groups is 1. The Balaban J connectivity index is 1.48. The van der Waals surface area contributed by atoms with E-state index in [1.165, 1.54) is 38.0 Å². The van der Waals surface area contributed by atoms with Crippen molar-refractivity contribution in [2.75, 3.05) is 40.3 Å². The van der Waals surface area contributed by atoms with E-state index in [0.29, 0.717) is 11.9 Å². The van der Waals surface area contributed by atoms with Gasteiger partial charge in [0.2, 0.25) is 5.91 Å². The van der Waals surface area contributed by atoms with Crippen LogP contribution in [0.1, 0.15) is 31.2 Å². The van der Waals surface area contributed by atoms with Crippen LogP contribution in [0.3, 0.4) is 0 Å². The third kappa shape index (κ3) is 4.37. The predicted molar refractivity (Wildman–Crippen MR) is 97.7 cm³/mol. The second-order valence-electron chi connectivity index (χ2n) is 7.56. The molecule has 0 aromatic heterocycles. The zero-order valence-electron chi connectivity index (χ0n) is 15.2. The lowest BCUT2D eigenvalue weighted by atomic mass is 9.93. The van der Waals surface area contributed by atoms with Crippen LogP contribution in [0.4, 0.5) is 0 Å². The van der Waals surface area contributed by atoms with E-state index in [-0.39, 0.29) is 5.92 Å². The van der Waals surface area contributed by atoms with Crippen molar-refractivity contribution in [2.24, 2.45) is 5.92 Å². The SMILES string of the molecule is CN(C)C(=O)C1CCCN(C2CCN(Cc3ccccc3)CC2)C1. The smallest absolute Gasteiger partial charge is 0.226 e. The summed E-state index contributed by atoms with van der Waals surface area (Å²) in [6.07, 6.45) is 4.68. The van der Waals surface area contributed by atoms with Gasteiger partial charge in [-0.3, -0.25) is 14.6 Å². The summed E-state index contributed by atoms with van der Waals surface area (Å²) < 4.78 is 0. The highest BCUT2D eigenvalue weighted by atomic mass is 16.2. The molecule has 1 aromatic rings. The number of likely N-dealkylation sites (tertiary alicyclic amines) is 2. The van der Waals surface area contributed by atoms with Gasteiger partial charge in [-0.1, -0.05) is 30.3 Å². The molecule has 1 atom stereocenters. The third-order valence-electron chi connectivity index (χ3n) is 5.57. The molecule has 0 N–H and O–H groups in total. The van der Waals surface area contributed by atoms with Crippen molar-refractivity contribution in [3.8, 4) is 0 Å². The molecule has 2 fully saturated rings. The van der Waals surface area contributed by atoms with Gasteiger partial charge in [-0.15, -0.1) is 0 Å². The molecule has 132 valence electrons. The fourth-order valence-corrected chi connectivity index (χ4v) is 4.19. The Labute approximate surface area is 146 Å². The Morgan fingerprint density at radius 1 is 1.08 bits per heavy atom. The van der Waals surface area contributed by atoms with Crippen LogP contribution in [0.5, 0.6) is 0 Å². The Bertz CT molecular complexity index is 523. The van der Waals surface area contributed by atoms with Gasteiger partial charge in [0.1, 0.15) is 0 Å². The van der Waals surface area contributed by atoms with Gasteiger partial charge in [0.25, 0.3) is 0 Å². The lowest BCUT2D eigenvalue weighted by Crippen LogP contribution is -2.50. The molecule has 4 heteroatoms. The van der Waals surface area contributed by atoms with Crippen LogP contribution in [-0.4, -0.2) is 66.9 Å². The molecule has 2 heterocycles. The molecule has 0 aliphatic carbocycles. The van der Waals surface area contributed by atoms with Crippen molar-refractivity contribution in [2.45, 2.75) is 38.3 Å². The van der Waals surface area contributed by atoms with Gasteiger partial charge in [-0.05, 0) is 50.9 Å². The first-order valence-corrected chi connectivity index (χ1v) is 9.35. The molecule has 1 amide bonds. The quantitative estimate of drug-likeness (QED) is 0.849.